The summed E-state index contributed by atoms with van der Waals surface area (Å²) in [6.07, 6.45) is 0. The maximum atomic E-state index is 3.82. The molecule has 1 nitrogen and oxygen atoms in total. The van der Waals surface area contributed by atoms with Gasteiger partial charge in [-0.15, -0.1) is 0 Å². The smallest absolute Gasteiger partial charge is 0.108 e. The summed E-state index contributed by atoms with van der Waals surface area (Å²) in [5, 5.41) is 0. The van der Waals surface area contributed by atoms with Gasteiger partial charge in [-0.05, 0) is 98.6 Å². The Balaban J connectivity index is 1.15. The molecule has 0 aromatic heterocycles. The van der Waals surface area contributed by atoms with Crippen LogP contribution in [0.3, 0.4) is 0 Å². The Morgan fingerprint density at radius 2 is 0.808 bits per heavy atom. The summed E-state index contributed by atoms with van der Waals surface area (Å²) in [4.78, 5) is 2.35. The molecule has 0 N–H and O–H groups in total. The van der Waals surface area contributed by atoms with Gasteiger partial charge >= 0.3 is 0 Å². The van der Waals surface area contributed by atoms with Crippen molar-refractivity contribution < 1.29 is 0 Å². The van der Waals surface area contributed by atoms with E-state index in [2.05, 4.69) is 211 Å². The van der Waals surface area contributed by atoms with Crippen LogP contribution in [0.2, 0.25) is 0 Å². The van der Waals surface area contributed by atoms with Gasteiger partial charge in [0.05, 0.1) is 0 Å². The molecule has 0 saturated carbocycles. The van der Waals surface area contributed by atoms with E-state index in [4.69, 9.17) is 0 Å². The fourth-order valence-electron chi connectivity index (χ4n) is 7.62. The van der Waals surface area contributed by atoms with E-state index in [1.807, 2.05) is 18.2 Å². The molecule has 0 amide bonds. The van der Waals surface area contributed by atoms with Crippen LogP contribution in [0.4, 0.5) is 17.1 Å². The Labute approximate surface area is 306 Å². The molecule has 0 heterocycles. The number of anilines is 3. The largest absolute Gasteiger partial charge is 0.310 e. The summed E-state index contributed by atoms with van der Waals surface area (Å²) in [5.41, 5.74) is 14.5. The van der Waals surface area contributed by atoms with Crippen LogP contribution in [-0.4, -0.2) is 0 Å². The van der Waals surface area contributed by atoms with Crippen molar-refractivity contribution in [2.45, 2.75) is 5.41 Å². The van der Waals surface area contributed by atoms with Gasteiger partial charge in [0, 0.05) is 22.6 Å². The van der Waals surface area contributed by atoms with E-state index >= 15 is 0 Å². The van der Waals surface area contributed by atoms with Gasteiger partial charge in [0.2, 0.25) is 0 Å². The topological polar surface area (TPSA) is 3.24 Å². The number of fused-ring (bicyclic) bond motifs is 3. The first-order valence-corrected chi connectivity index (χ1v) is 17.8. The summed E-state index contributed by atoms with van der Waals surface area (Å²) in [6.45, 7) is 0. The molecule has 0 fully saturated rings. The minimum Gasteiger partial charge on any atom is -0.310 e. The van der Waals surface area contributed by atoms with Crippen LogP contribution in [0.5, 0.6) is 0 Å². The van der Waals surface area contributed by atoms with Crippen LogP contribution in [0, 0.1) is 11.8 Å². The van der Waals surface area contributed by atoms with Crippen LogP contribution in [0.15, 0.2) is 212 Å². The number of hydrogen-bond donors (Lipinski definition) is 0. The van der Waals surface area contributed by atoms with Gasteiger partial charge in [-0.1, -0.05) is 176 Å². The lowest BCUT2D eigenvalue weighted by molar-refractivity contribution is 0.837. The second kappa shape index (κ2) is 13.4. The molecule has 8 aromatic carbocycles. The fourth-order valence-corrected chi connectivity index (χ4v) is 7.62. The molecule has 1 aliphatic rings. The number of hydrogen-bond acceptors (Lipinski definition) is 1. The van der Waals surface area contributed by atoms with Crippen molar-refractivity contribution in [1.29, 1.82) is 0 Å². The third kappa shape index (κ3) is 5.58. The highest BCUT2D eigenvalue weighted by Crippen LogP contribution is 2.54. The first kappa shape index (κ1) is 31.1. The van der Waals surface area contributed by atoms with Crippen molar-refractivity contribution >= 4 is 17.1 Å². The molecule has 0 bridgehead atoms. The SMILES string of the molecule is C(#CC1(c2ccccc2)c2ccccc2-c2cc(N(c3ccccc3)c3ccc(-c4ccc(-c5ccccc5)cc4)cc3)ccc21)c1ccccc1. The summed E-state index contributed by atoms with van der Waals surface area (Å²) in [5.74, 6) is 7.39. The van der Waals surface area contributed by atoms with Crippen LogP contribution < -0.4 is 4.90 Å². The summed E-state index contributed by atoms with van der Waals surface area (Å²) >= 11 is 0. The zero-order valence-corrected chi connectivity index (χ0v) is 28.7. The molecule has 0 aliphatic heterocycles. The number of rotatable bonds is 6. The Morgan fingerprint density at radius 1 is 0.346 bits per heavy atom. The predicted octanol–water partition coefficient (Wildman–Crippen LogP) is 12.9. The highest BCUT2D eigenvalue weighted by molar-refractivity contribution is 5.90. The van der Waals surface area contributed by atoms with Crippen LogP contribution in [0.25, 0.3) is 33.4 Å². The lowest BCUT2D eigenvalue weighted by Crippen LogP contribution is -2.25. The molecule has 52 heavy (non-hydrogen) atoms. The third-order valence-electron chi connectivity index (χ3n) is 10.1. The van der Waals surface area contributed by atoms with Crippen molar-refractivity contribution in [1.82, 2.24) is 0 Å². The quantitative estimate of drug-likeness (QED) is 0.160. The van der Waals surface area contributed by atoms with Crippen LogP contribution in [0.1, 0.15) is 22.3 Å². The average Bonchev–Trinajstić information content (AvgIpc) is 3.52. The zero-order valence-electron chi connectivity index (χ0n) is 28.7. The average molecular weight is 662 g/mol. The van der Waals surface area contributed by atoms with Gasteiger partial charge in [-0.2, -0.15) is 0 Å². The molecule has 0 spiro atoms. The molecule has 8 aromatic rings. The first-order valence-electron chi connectivity index (χ1n) is 17.8. The normalized spacial score (nSPS) is 14.1. The van der Waals surface area contributed by atoms with Gasteiger partial charge in [-0.3, -0.25) is 0 Å². The summed E-state index contributed by atoms with van der Waals surface area (Å²) in [7, 11) is 0. The summed E-state index contributed by atoms with van der Waals surface area (Å²) < 4.78 is 0. The molecule has 1 unspecified atom stereocenters. The minimum absolute atomic E-state index is 0.614. The summed E-state index contributed by atoms with van der Waals surface area (Å²) in [6, 6.07) is 75.7. The lowest BCUT2D eigenvalue weighted by atomic mass is 9.73. The Morgan fingerprint density at radius 3 is 1.46 bits per heavy atom. The highest BCUT2D eigenvalue weighted by atomic mass is 15.1. The Hall–Kier alpha value is -6.88. The standard InChI is InChI=1S/C51H35N/c1-5-15-38(16-6-1)35-36-51(43-19-9-3-10-20-43)49-24-14-13-23-47(49)48-37-46(33-34-50(48)51)52(44-21-11-4-12-22-44)45-31-29-42(30-32-45)41-27-25-40(26-28-41)39-17-7-2-8-18-39/h1-34,37H. The number of para-hydroxylation sites is 1. The third-order valence-corrected chi connectivity index (χ3v) is 10.1. The van der Waals surface area contributed by atoms with E-state index in [1.54, 1.807) is 0 Å². The van der Waals surface area contributed by atoms with Crippen molar-refractivity contribution in [3.63, 3.8) is 0 Å². The van der Waals surface area contributed by atoms with Gasteiger partial charge in [0.15, 0.2) is 0 Å². The van der Waals surface area contributed by atoms with E-state index in [9.17, 15) is 0 Å². The van der Waals surface area contributed by atoms with Gasteiger partial charge in [0.25, 0.3) is 0 Å². The maximum absolute atomic E-state index is 3.82. The van der Waals surface area contributed by atoms with Crippen LogP contribution in [-0.2, 0) is 5.41 Å². The first-order chi connectivity index (χ1) is 25.8. The van der Waals surface area contributed by atoms with Crippen molar-refractivity contribution in [3.05, 3.63) is 235 Å². The van der Waals surface area contributed by atoms with E-state index in [-0.39, 0.29) is 0 Å². The Bertz CT molecular complexity index is 2530. The fraction of sp³-hybridized carbons (Fsp3) is 0.0196. The molecule has 0 radical (unpaired) electrons. The maximum Gasteiger partial charge on any atom is 0.108 e. The predicted molar refractivity (Wildman–Crippen MR) is 217 cm³/mol. The zero-order chi connectivity index (χ0) is 34.7. The molecule has 1 aliphatic carbocycles. The molecule has 0 saturated heterocycles. The molecule has 9 rings (SSSR count). The van der Waals surface area contributed by atoms with Gasteiger partial charge in [-0.25, -0.2) is 0 Å². The molecular weight excluding hydrogens is 627 g/mol. The molecule has 1 heteroatoms. The van der Waals surface area contributed by atoms with Crippen LogP contribution >= 0.6 is 0 Å². The van der Waals surface area contributed by atoms with Crippen molar-refractivity contribution in [2.24, 2.45) is 0 Å². The molecule has 244 valence electrons. The van der Waals surface area contributed by atoms with Gasteiger partial charge in [0.1, 0.15) is 5.41 Å². The van der Waals surface area contributed by atoms with E-state index in [0.29, 0.717) is 0 Å². The van der Waals surface area contributed by atoms with Crippen molar-refractivity contribution in [2.75, 3.05) is 4.90 Å². The monoisotopic (exact) mass is 661 g/mol. The number of benzene rings is 8. The molecular formula is C51H35N. The minimum atomic E-state index is -0.614. The van der Waals surface area contributed by atoms with E-state index < -0.39 is 5.41 Å². The molecule has 1 atom stereocenters. The van der Waals surface area contributed by atoms with Crippen molar-refractivity contribution in [3.8, 4) is 45.2 Å². The van der Waals surface area contributed by atoms with Gasteiger partial charge < -0.3 is 4.90 Å². The van der Waals surface area contributed by atoms with E-state index in [1.165, 1.54) is 50.1 Å². The second-order valence-electron chi connectivity index (χ2n) is 13.2. The number of nitrogens with zero attached hydrogens (tertiary/aromatic N) is 1. The lowest BCUT2D eigenvalue weighted by Gasteiger charge is -2.29. The highest BCUT2D eigenvalue weighted by Gasteiger charge is 2.43. The Kier molecular flexibility index (Phi) is 8.05. The van der Waals surface area contributed by atoms with E-state index in [0.717, 1.165) is 22.6 Å². The second-order valence-corrected chi connectivity index (χ2v) is 13.2.